The molecule has 2 heterocycles. The van der Waals surface area contributed by atoms with Crippen molar-refractivity contribution in [2.45, 2.75) is 6.18 Å². The van der Waals surface area contributed by atoms with E-state index >= 15 is 0 Å². The second-order valence-electron chi connectivity index (χ2n) is 11.0. The molecule has 0 saturated heterocycles. The number of benzene rings is 2. The highest BCUT2D eigenvalue weighted by Crippen LogP contribution is 2.19. The highest BCUT2D eigenvalue weighted by Gasteiger charge is 2.38. The molecule has 0 atom stereocenters. The van der Waals surface area contributed by atoms with Crippen LogP contribution in [0, 0.1) is 0 Å². The van der Waals surface area contributed by atoms with Gasteiger partial charge in [0.1, 0.15) is 17.1 Å². The van der Waals surface area contributed by atoms with E-state index in [4.69, 9.17) is 14.6 Å². The average Bonchev–Trinajstić information content (AvgIpc) is 3.60. The molecule has 3 amide bonds. The molecule has 0 unspecified atom stereocenters. The lowest BCUT2D eigenvalue weighted by Crippen LogP contribution is -2.32. The Morgan fingerprint density at radius 1 is 0.816 bits per heavy atom. The standard InChI is InChI=1S/C32H36N6O4.C2HF3O2/c1-36(2)16-15-33-31(40)28-18-26(21-37(28)3)35-32(41)29-19-25(20-38(29)4)34-30(39)24-13-11-22(12-14-24)9-10-23-7-6-8-27(17-23)42-5;3-2(4,5)1(6)7/h6-14,17-21H,15-16H2,1-5H3,(H,33,40)(H,34,39)(H,35,41);(H,6,7)/b10-9+;. The van der Waals surface area contributed by atoms with E-state index in [1.165, 1.54) is 0 Å². The van der Waals surface area contributed by atoms with Crippen LogP contribution < -0.4 is 20.7 Å². The monoisotopic (exact) mass is 682 g/mol. The normalized spacial score (nSPS) is 11.1. The molecule has 0 aliphatic carbocycles. The summed E-state index contributed by atoms with van der Waals surface area (Å²) in [6, 6.07) is 18.2. The SMILES string of the molecule is COc1cccc(/C=C/c2ccc(C(=O)Nc3cc(C(=O)Nc4cc(C(=O)NCCN(C)C)n(C)c4)n(C)c3)cc2)c1.O=C(O)C(F)(F)F. The Labute approximate surface area is 280 Å². The number of halogens is 3. The van der Waals surface area contributed by atoms with Crippen molar-refractivity contribution >= 4 is 47.2 Å². The maximum atomic E-state index is 13.0. The Hall–Kier alpha value is -5.83. The maximum absolute atomic E-state index is 13.0. The number of carboxylic acid groups (broad SMARTS) is 1. The molecule has 2 aromatic carbocycles. The van der Waals surface area contributed by atoms with Crippen LogP contribution >= 0.6 is 0 Å². The molecule has 12 nitrogen and oxygen atoms in total. The van der Waals surface area contributed by atoms with Gasteiger partial charge in [0, 0.05) is 45.1 Å². The molecular formula is C34H37F3N6O6. The molecule has 15 heteroatoms. The van der Waals surface area contributed by atoms with Crippen molar-refractivity contribution in [2.24, 2.45) is 14.1 Å². The summed E-state index contributed by atoms with van der Waals surface area (Å²) in [7, 11) is 8.97. The molecule has 260 valence electrons. The van der Waals surface area contributed by atoms with Gasteiger partial charge < -0.3 is 39.8 Å². The number of carbonyl (C=O) groups excluding carboxylic acids is 3. The highest BCUT2D eigenvalue weighted by atomic mass is 19.4. The van der Waals surface area contributed by atoms with Crippen LogP contribution in [0.25, 0.3) is 12.2 Å². The second kappa shape index (κ2) is 16.8. The molecule has 4 rings (SSSR count). The summed E-state index contributed by atoms with van der Waals surface area (Å²) in [6.07, 6.45) is 2.21. The molecular weight excluding hydrogens is 645 g/mol. The van der Waals surface area contributed by atoms with Gasteiger partial charge in [0.2, 0.25) is 0 Å². The van der Waals surface area contributed by atoms with Crippen molar-refractivity contribution in [3.8, 4) is 5.75 Å². The van der Waals surface area contributed by atoms with E-state index in [1.807, 2.05) is 67.5 Å². The molecule has 0 saturated carbocycles. The van der Waals surface area contributed by atoms with Crippen LogP contribution in [0.1, 0.15) is 42.5 Å². The van der Waals surface area contributed by atoms with Gasteiger partial charge in [0.15, 0.2) is 0 Å². The van der Waals surface area contributed by atoms with Gasteiger partial charge in [-0.25, -0.2) is 4.79 Å². The molecule has 0 radical (unpaired) electrons. The lowest BCUT2D eigenvalue weighted by Gasteiger charge is -2.10. The van der Waals surface area contributed by atoms with Crippen LogP contribution in [0.5, 0.6) is 5.75 Å². The van der Waals surface area contributed by atoms with Gasteiger partial charge >= 0.3 is 12.1 Å². The first-order chi connectivity index (χ1) is 23.1. The second-order valence-corrected chi connectivity index (χ2v) is 11.0. The Morgan fingerprint density at radius 2 is 1.35 bits per heavy atom. The maximum Gasteiger partial charge on any atom is 0.490 e. The smallest absolute Gasteiger partial charge is 0.490 e. The third-order valence-electron chi connectivity index (χ3n) is 6.81. The van der Waals surface area contributed by atoms with Crippen LogP contribution in [0.4, 0.5) is 24.5 Å². The molecule has 0 fully saturated rings. The van der Waals surface area contributed by atoms with Crippen LogP contribution in [-0.2, 0) is 18.9 Å². The molecule has 2 aromatic heterocycles. The number of nitrogens with one attached hydrogen (secondary N) is 3. The summed E-state index contributed by atoms with van der Waals surface area (Å²) in [5.74, 6) is -2.84. The van der Waals surface area contributed by atoms with E-state index < -0.39 is 12.1 Å². The lowest BCUT2D eigenvalue weighted by atomic mass is 10.1. The number of hydrogen-bond donors (Lipinski definition) is 4. The van der Waals surface area contributed by atoms with E-state index in [9.17, 15) is 27.6 Å². The fourth-order valence-corrected chi connectivity index (χ4v) is 4.28. The van der Waals surface area contributed by atoms with Crippen LogP contribution in [-0.4, -0.2) is 83.3 Å². The van der Waals surface area contributed by atoms with E-state index in [0.29, 0.717) is 34.9 Å². The Kier molecular flexibility index (Phi) is 12.9. The number of aromatic nitrogens is 2. The van der Waals surface area contributed by atoms with E-state index in [2.05, 4.69) is 16.0 Å². The summed E-state index contributed by atoms with van der Waals surface area (Å²) >= 11 is 0. The quantitative estimate of drug-likeness (QED) is 0.163. The molecule has 4 aromatic rings. The number of nitrogens with zero attached hydrogens (tertiary/aromatic N) is 3. The number of rotatable bonds is 11. The number of carbonyl (C=O) groups is 4. The summed E-state index contributed by atoms with van der Waals surface area (Å²) < 4.78 is 40.3. The van der Waals surface area contributed by atoms with Crippen molar-refractivity contribution in [2.75, 3.05) is 44.9 Å². The first kappa shape index (κ1) is 37.6. The van der Waals surface area contributed by atoms with Gasteiger partial charge in [-0.1, -0.05) is 36.4 Å². The number of amides is 3. The van der Waals surface area contributed by atoms with E-state index in [0.717, 1.165) is 23.4 Å². The summed E-state index contributed by atoms with van der Waals surface area (Å²) in [5.41, 5.74) is 4.22. The highest BCUT2D eigenvalue weighted by molar-refractivity contribution is 6.07. The largest absolute Gasteiger partial charge is 0.497 e. The van der Waals surface area contributed by atoms with Crippen LogP contribution in [0.15, 0.2) is 73.1 Å². The van der Waals surface area contributed by atoms with Gasteiger partial charge in [0.05, 0.1) is 18.5 Å². The zero-order chi connectivity index (χ0) is 36.3. The lowest BCUT2D eigenvalue weighted by molar-refractivity contribution is -0.192. The van der Waals surface area contributed by atoms with Crippen molar-refractivity contribution in [1.82, 2.24) is 19.4 Å². The van der Waals surface area contributed by atoms with E-state index in [-0.39, 0.29) is 17.7 Å². The van der Waals surface area contributed by atoms with Crippen molar-refractivity contribution < 1.29 is 42.2 Å². The van der Waals surface area contributed by atoms with Gasteiger partial charge in [-0.15, -0.1) is 0 Å². The summed E-state index contributed by atoms with van der Waals surface area (Å²) in [5, 5.41) is 15.7. The summed E-state index contributed by atoms with van der Waals surface area (Å²) in [6.45, 7) is 1.24. The minimum Gasteiger partial charge on any atom is -0.497 e. The van der Waals surface area contributed by atoms with Crippen molar-refractivity contribution in [1.29, 1.82) is 0 Å². The molecule has 0 spiro atoms. The molecule has 0 aliphatic rings. The summed E-state index contributed by atoms with van der Waals surface area (Å²) in [4.78, 5) is 49.3. The Bertz CT molecular complexity index is 1810. The molecule has 0 aliphatic heterocycles. The average molecular weight is 683 g/mol. The molecule has 49 heavy (non-hydrogen) atoms. The number of aliphatic carboxylic acids is 1. The number of anilines is 2. The topological polar surface area (TPSA) is 147 Å². The fraction of sp³-hybridized carbons (Fsp3) is 0.235. The predicted octanol–water partition coefficient (Wildman–Crippen LogP) is 4.97. The van der Waals surface area contributed by atoms with Crippen LogP contribution in [0.3, 0.4) is 0 Å². The zero-order valence-electron chi connectivity index (χ0n) is 27.5. The van der Waals surface area contributed by atoms with Gasteiger partial charge in [-0.3, -0.25) is 14.4 Å². The fourth-order valence-electron chi connectivity index (χ4n) is 4.28. The number of methoxy groups -OCH3 is 1. The molecule has 4 N–H and O–H groups in total. The Balaban J connectivity index is 0.000000838. The third-order valence-corrected chi connectivity index (χ3v) is 6.81. The first-order valence-electron chi connectivity index (χ1n) is 14.7. The number of ether oxygens (including phenoxy) is 1. The number of likely N-dealkylation sites (N-methyl/N-ethyl adjacent to an activating group) is 1. The van der Waals surface area contributed by atoms with E-state index in [1.54, 1.807) is 67.0 Å². The van der Waals surface area contributed by atoms with Crippen LogP contribution in [0.2, 0.25) is 0 Å². The number of alkyl halides is 3. The minimum atomic E-state index is -5.08. The zero-order valence-corrected chi connectivity index (χ0v) is 27.5. The number of hydrogen-bond acceptors (Lipinski definition) is 6. The van der Waals surface area contributed by atoms with Gasteiger partial charge in [-0.05, 0) is 61.6 Å². The first-order valence-corrected chi connectivity index (χ1v) is 14.7. The van der Waals surface area contributed by atoms with Crippen molar-refractivity contribution in [3.05, 3.63) is 101 Å². The minimum absolute atomic E-state index is 0.218. The molecule has 0 bridgehead atoms. The number of aryl methyl sites for hydroxylation is 2. The third kappa shape index (κ3) is 11.4. The van der Waals surface area contributed by atoms with Crippen molar-refractivity contribution in [3.63, 3.8) is 0 Å². The Morgan fingerprint density at radius 3 is 1.88 bits per heavy atom. The predicted molar refractivity (Wildman–Crippen MR) is 180 cm³/mol. The van der Waals surface area contributed by atoms with Gasteiger partial charge in [0.25, 0.3) is 17.7 Å². The number of carboxylic acids is 1. The van der Waals surface area contributed by atoms with Gasteiger partial charge in [-0.2, -0.15) is 13.2 Å².